The molecule has 184 valence electrons. The van der Waals surface area contributed by atoms with E-state index >= 15 is 0 Å². The smallest absolute Gasteiger partial charge is 0.294 e. The number of hydrogen-bond donors (Lipinski definition) is 0. The fourth-order valence-electron chi connectivity index (χ4n) is 4.31. The van der Waals surface area contributed by atoms with Gasteiger partial charge in [0.15, 0.2) is 0 Å². The largest absolute Gasteiger partial charge is 0.378 e. The van der Waals surface area contributed by atoms with Gasteiger partial charge in [0.2, 0.25) is 5.91 Å². The van der Waals surface area contributed by atoms with Gasteiger partial charge in [-0.15, -0.1) is 0 Å². The number of non-ortho nitro benzene ring substituents is 1. The number of nitro benzene ring substituents is 1. The Morgan fingerprint density at radius 3 is 2.67 bits per heavy atom. The van der Waals surface area contributed by atoms with Crippen molar-refractivity contribution >= 4 is 51.5 Å². The number of fused-ring (bicyclic) bond motifs is 1. The zero-order valence-corrected chi connectivity index (χ0v) is 20.0. The first kappa shape index (κ1) is 23.8. The molecule has 0 atom stereocenters. The van der Waals surface area contributed by atoms with Crippen LogP contribution in [0.25, 0.3) is 17.0 Å². The Bertz CT molecular complexity index is 1410. The molecule has 0 unspecified atom stereocenters. The lowest BCUT2D eigenvalue weighted by Crippen LogP contribution is -2.46. The van der Waals surface area contributed by atoms with Crippen LogP contribution >= 0.6 is 11.8 Å². The molecule has 0 radical (unpaired) electrons. The van der Waals surface area contributed by atoms with Crippen molar-refractivity contribution in [3.63, 3.8) is 0 Å². The minimum atomic E-state index is -0.498. The zero-order valence-electron chi connectivity index (χ0n) is 19.2. The number of benzene rings is 2. The van der Waals surface area contributed by atoms with Crippen LogP contribution < -0.4 is 0 Å². The second-order valence-corrected chi connectivity index (χ2v) is 9.41. The van der Waals surface area contributed by atoms with Crippen LogP contribution in [0.5, 0.6) is 0 Å². The first-order chi connectivity index (χ1) is 17.4. The number of morpholine rings is 1. The summed E-state index contributed by atoms with van der Waals surface area (Å²) < 4.78 is 7.20. The first-order valence-electron chi connectivity index (χ1n) is 11.3. The molecule has 3 aromatic rings. The highest BCUT2D eigenvalue weighted by Gasteiger charge is 2.37. The van der Waals surface area contributed by atoms with Gasteiger partial charge in [-0.05, 0) is 29.5 Å². The van der Waals surface area contributed by atoms with E-state index in [9.17, 15) is 24.5 Å². The Hall–Kier alpha value is -3.96. The number of thioether (sulfide) groups is 1. The predicted octanol–water partition coefficient (Wildman–Crippen LogP) is 3.49. The molecule has 2 aromatic carbocycles. The van der Waals surface area contributed by atoms with Gasteiger partial charge in [0.25, 0.3) is 16.8 Å². The second kappa shape index (κ2) is 9.96. The van der Waals surface area contributed by atoms with Crippen molar-refractivity contribution in [1.29, 1.82) is 0 Å². The fourth-order valence-corrected chi connectivity index (χ4v) is 5.14. The molecule has 5 rings (SSSR count). The maximum Gasteiger partial charge on any atom is 0.294 e. The molecule has 2 aliphatic rings. The van der Waals surface area contributed by atoms with Gasteiger partial charge in [0.1, 0.15) is 6.54 Å². The van der Waals surface area contributed by atoms with Gasteiger partial charge in [0, 0.05) is 54.4 Å². The molecule has 11 heteroatoms. The summed E-state index contributed by atoms with van der Waals surface area (Å²) in [5.74, 6) is -0.780. The van der Waals surface area contributed by atoms with E-state index in [-0.39, 0.29) is 23.0 Å². The van der Waals surface area contributed by atoms with Crippen LogP contribution in [0.4, 0.5) is 10.5 Å². The van der Waals surface area contributed by atoms with Crippen molar-refractivity contribution in [2.75, 3.05) is 32.8 Å². The van der Waals surface area contributed by atoms with Gasteiger partial charge in [-0.1, -0.05) is 30.3 Å². The highest BCUT2D eigenvalue weighted by atomic mass is 32.2. The molecule has 10 nitrogen and oxygen atoms in total. The SMILES string of the molecule is O=C(CN1C(=O)S/C(=C/c2cn(Cc3cccc([N+](=O)[O-])c3)c3ccccc23)C1=O)N1CCOCC1. The number of para-hydroxylation sites is 1. The van der Waals surface area contributed by atoms with Gasteiger partial charge < -0.3 is 14.2 Å². The molecule has 0 bridgehead atoms. The maximum absolute atomic E-state index is 13.0. The van der Waals surface area contributed by atoms with E-state index in [0.717, 1.165) is 38.7 Å². The molecule has 0 N–H and O–H groups in total. The van der Waals surface area contributed by atoms with Crippen LogP contribution in [-0.4, -0.2) is 69.2 Å². The Labute approximate surface area is 210 Å². The molecule has 3 heterocycles. The van der Waals surface area contributed by atoms with Crippen LogP contribution in [0.2, 0.25) is 0 Å². The highest BCUT2D eigenvalue weighted by Crippen LogP contribution is 2.34. The molecule has 0 saturated carbocycles. The fraction of sp³-hybridized carbons (Fsp3) is 0.240. The maximum atomic E-state index is 13.0. The third-order valence-corrected chi connectivity index (χ3v) is 7.02. The van der Waals surface area contributed by atoms with E-state index in [4.69, 9.17) is 4.74 Å². The second-order valence-electron chi connectivity index (χ2n) is 8.42. The number of carbonyl (C=O) groups is 3. The van der Waals surface area contributed by atoms with Gasteiger partial charge in [-0.25, -0.2) is 0 Å². The topological polar surface area (TPSA) is 115 Å². The standard InChI is InChI=1S/C25H22N4O6S/c30-23(26-8-10-35-11-9-26)16-28-24(31)22(36-25(28)32)13-18-15-27(21-7-2-1-6-20(18)21)14-17-4-3-5-19(12-17)29(33)34/h1-7,12-13,15H,8-11,14,16H2/b22-13+. The molecular formula is C25H22N4O6S. The average molecular weight is 507 g/mol. The first-order valence-corrected chi connectivity index (χ1v) is 12.1. The highest BCUT2D eigenvalue weighted by molar-refractivity contribution is 8.18. The third kappa shape index (κ3) is 4.75. The molecule has 0 spiro atoms. The number of aromatic nitrogens is 1. The Balaban J connectivity index is 1.40. The van der Waals surface area contributed by atoms with Crippen molar-refractivity contribution < 1.29 is 24.0 Å². The van der Waals surface area contributed by atoms with Crippen LogP contribution in [0, 0.1) is 10.1 Å². The van der Waals surface area contributed by atoms with E-state index in [1.165, 1.54) is 12.1 Å². The van der Waals surface area contributed by atoms with Crippen molar-refractivity contribution in [3.8, 4) is 0 Å². The van der Waals surface area contributed by atoms with Crippen LogP contribution in [0.3, 0.4) is 0 Å². The van der Waals surface area contributed by atoms with Crippen molar-refractivity contribution in [3.05, 3.63) is 80.9 Å². The lowest BCUT2D eigenvalue weighted by molar-refractivity contribution is -0.384. The summed E-state index contributed by atoms with van der Waals surface area (Å²) in [5, 5.41) is 11.5. The molecule has 1 aromatic heterocycles. The summed E-state index contributed by atoms with van der Waals surface area (Å²) in [6, 6.07) is 14.1. The lowest BCUT2D eigenvalue weighted by Gasteiger charge is -2.28. The molecule has 0 aliphatic carbocycles. The number of hydrogen-bond acceptors (Lipinski definition) is 7. The summed E-state index contributed by atoms with van der Waals surface area (Å²) in [6.07, 6.45) is 3.52. The number of ether oxygens (including phenoxy) is 1. The van der Waals surface area contributed by atoms with Crippen LogP contribution in [-0.2, 0) is 20.9 Å². The molecule has 2 fully saturated rings. The summed E-state index contributed by atoms with van der Waals surface area (Å²) >= 11 is 0.811. The van der Waals surface area contributed by atoms with Crippen LogP contribution in [0.1, 0.15) is 11.1 Å². The van der Waals surface area contributed by atoms with E-state index < -0.39 is 16.1 Å². The Morgan fingerprint density at radius 2 is 1.89 bits per heavy atom. The van der Waals surface area contributed by atoms with E-state index in [1.54, 1.807) is 17.0 Å². The quantitative estimate of drug-likeness (QED) is 0.286. The van der Waals surface area contributed by atoms with Gasteiger partial charge >= 0.3 is 0 Å². The van der Waals surface area contributed by atoms with Gasteiger partial charge in [0.05, 0.1) is 23.0 Å². The van der Waals surface area contributed by atoms with E-state index in [0.29, 0.717) is 32.8 Å². The lowest BCUT2D eigenvalue weighted by atomic mass is 10.1. The summed E-state index contributed by atoms with van der Waals surface area (Å²) in [6.45, 7) is 1.86. The summed E-state index contributed by atoms with van der Waals surface area (Å²) in [4.78, 5) is 51.7. The Morgan fingerprint density at radius 1 is 1.11 bits per heavy atom. The Kier molecular flexibility index (Phi) is 6.57. The zero-order chi connectivity index (χ0) is 25.2. The number of nitrogens with zero attached hydrogens (tertiary/aromatic N) is 4. The summed E-state index contributed by atoms with van der Waals surface area (Å²) in [5.41, 5.74) is 2.40. The predicted molar refractivity (Wildman–Crippen MR) is 134 cm³/mol. The monoisotopic (exact) mass is 506 g/mol. The minimum absolute atomic E-state index is 0.0180. The molecule has 3 amide bonds. The van der Waals surface area contributed by atoms with Crippen LogP contribution in [0.15, 0.2) is 59.6 Å². The van der Waals surface area contributed by atoms with E-state index in [2.05, 4.69) is 0 Å². The minimum Gasteiger partial charge on any atom is -0.378 e. The number of imide groups is 1. The average Bonchev–Trinajstić information content (AvgIpc) is 3.36. The number of amides is 3. The molecule has 36 heavy (non-hydrogen) atoms. The molecule has 2 aliphatic heterocycles. The number of carbonyl (C=O) groups excluding carboxylic acids is 3. The van der Waals surface area contributed by atoms with E-state index in [1.807, 2.05) is 41.1 Å². The van der Waals surface area contributed by atoms with Crippen molar-refractivity contribution in [1.82, 2.24) is 14.4 Å². The third-order valence-electron chi connectivity index (χ3n) is 6.11. The van der Waals surface area contributed by atoms with Crippen molar-refractivity contribution in [2.24, 2.45) is 0 Å². The summed E-state index contributed by atoms with van der Waals surface area (Å²) in [7, 11) is 0. The number of rotatable bonds is 6. The van der Waals surface area contributed by atoms with Crippen molar-refractivity contribution in [2.45, 2.75) is 6.54 Å². The number of nitro groups is 1. The molecule has 2 saturated heterocycles. The van der Waals surface area contributed by atoms with Gasteiger partial charge in [-0.2, -0.15) is 0 Å². The van der Waals surface area contributed by atoms with Gasteiger partial charge in [-0.3, -0.25) is 29.4 Å². The molecular weight excluding hydrogens is 484 g/mol. The normalized spacial score (nSPS) is 17.4.